The summed E-state index contributed by atoms with van der Waals surface area (Å²) < 4.78 is 42.4. The molecular weight excluding hydrogens is 348 g/mol. The number of ether oxygens (including phenoxy) is 3. The summed E-state index contributed by atoms with van der Waals surface area (Å²) in [5.74, 6) is -2.35. The van der Waals surface area contributed by atoms with E-state index in [9.17, 15) is 18.4 Å². The summed E-state index contributed by atoms with van der Waals surface area (Å²) in [6.07, 6.45) is -2.24. The minimum Gasteiger partial charge on any atom is -0.485 e. The van der Waals surface area contributed by atoms with Crippen LogP contribution in [0.4, 0.5) is 14.5 Å². The van der Waals surface area contributed by atoms with E-state index in [1.807, 2.05) is 0 Å². The summed E-state index contributed by atoms with van der Waals surface area (Å²) in [5.41, 5.74) is -0.217. The lowest BCUT2D eigenvalue weighted by atomic mass is 10.2. The molecule has 6 nitrogen and oxygen atoms in total. The van der Waals surface area contributed by atoms with E-state index in [2.05, 4.69) is 5.32 Å². The Morgan fingerprint density at radius 3 is 2.65 bits per heavy atom. The van der Waals surface area contributed by atoms with E-state index in [4.69, 9.17) is 14.2 Å². The average Bonchev–Trinajstić information content (AvgIpc) is 2.63. The number of para-hydroxylation sites is 2. The van der Waals surface area contributed by atoms with Crippen LogP contribution in [-0.2, 0) is 14.3 Å². The van der Waals surface area contributed by atoms with Gasteiger partial charge < -0.3 is 19.5 Å². The fourth-order valence-corrected chi connectivity index (χ4v) is 2.26. The Morgan fingerprint density at radius 2 is 1.92 bits per heavy atom. The van der Waals surface area contributed by atoms with Crippen molar-refractivity contribution in [1.82, 2.24) is 0 Å². The van der Waals surface area contributed by atoms with Crippen molar-refractivity contribution < 1.29 is 32.6 Å². The molecule has 0 aromatic heterocycles. The average molecular weight is 363 g/mol. The van der Waals surface area contributed by atoms with Gasteiger partial charge in [0.1, 0.15) is 18.2 Å². The topological polar surface area (TPSA) is 73.9 Å². The molecule has 1 aliphatic rings. The van der Waals surface area contributed by atoms with E-state index in [0.29, 0.717) is 17.6 Å². The zero-order chi connectivity index (χ0) is 18.7. The number of nitrogens with one attached hydrogen (secondary N) is 1. The summed E-state index contributed by atoms with van der Waals surface area (Å²) in [6, 6.07) is 9.54. The van der Waals surface area contributed by atoms with Gasteiger partial charge in [0.15, 0.2) is 17.6 Å². The van der Waals surface area contributed by atoms with Gasteiger partial charge in [-0.15, -0.1) is 0 Å². The first-order chi connectivity index (χ1) is 12.4. The van der Waals surface area contributed by atoms with Crippen molar-refractivity contribution in [1.29, 1.82) is 0 Å². The molecule has 136 valence electrons. The van der Waals surface area contributed by atoms with E-state index >= 15 is 0 Å². The summed E-state index contributed by atoms with van der Waals surface area (Å²) in [7, 11) is 0. The number of benzene rings is 2. The third-order valence-corrected chi connectivity index (χ3v) is 3.62. The number of hydrogen-bond donors (Lipinski definition) is 1. The third-order valence-electron chi connectivity index (χ3n) is 3.62. The summed E-state index contributed by atoms with van der Waals surface area (Å²) in [4.78, 5) is 24.2. The highest BCUT2D eigenvalue weighted by Gasteiger charge is 2.31. The van der Waals surface area contributed by atoms with Gasteiger partial charge in [-0.3, -0.25) is 4.79 Å². The Labute approximate surface area is 147 Å². The molecule has 2 aromatic carbocycles. The van der Waals surface area contributed by atoms with E-state index in [0.717, 1.165) is 12.1 Å². The number of carbonyl (C=O) groups excluding carboxylic acids is 2. The molecule has 0 unspecified atom stereocenters. The molecule has 1 aliphatic heterocycles. The fourth-order valence-electron chi connectivity index (χ4n) is 2.26. The second kappa shape index (κ2) is 7.38. The van der Waals surface area contributed by atoms with Crippen LogP contribution in [0.3, 0.4) is 0 Å². The molecule has 0 spiro atoms. The standard InChI is InChI=1S/C18H15F2NO5/c1-10(17(22)21-13-7-6-11(19)8-12(13)20)25-18(23)16-9-24-14-4-2-3-5-15(14)26-16/h2-8,10,16H,9H2,1H3,(H,21,22)/t10-,16+/m1/s1. The highest BCUT2D eigenvalue weighted by atomic mass is 19.1. The van der Waals surface area contributed by atoms with Gasteiger partial charge in [0.05, 0.1) is 5.69 Å². The second-order valence-electron chi connectivity index (χ2n) is 5.56. The summed E-state index contributed by atoms with van der Waals surface area (Å²) >= 11 is 0. The van der Waals surface area contributed by atoms with Crippen molar-refractivity contribution in [2.45, 2.75) is 19.1 Å². The largest absolute Gasteiger partial charge is 0.485 e. The Bertz CT molecular complexity index is 842. The molecule has 0 saturated carbocycles. The SMILES string of the molecule is C[C@@H](OC(=O)[C@@H]1COc2ccccc2O1)C(=O)Nc1ccc(F)cc1F. The highest BCUT2D eigenvalue weighted by molar-refractivity contribution is 5.95. The van der Waals surface area contributed by atoms with E-state index in [1.54, 1.807) is 24.3 Å². The maximum Gasteiger partial charge on any atom is 0.351 e. The molecule has 26 heavy (non-hydrogen) atoms. The highest BCUT2D eigenvalue weighted by Crippen LogP contribution is 2.31. The minimum absolute atomic E-state index is 0.0588. The van der Waals surface area contributed by atoms with Gasteiger partial charge in [-0.25, -0.2) is 13.6 Å². The van der Waals surface area contributed by atoms with Crippen molar-refractivity contribution in [3.63, 3.8) is 0 Å². The van der Waals surface area contributed by atoms with E-state index in [1.165, 1.54) is 6.92 Å². The number of rotatable bonds is 4. The van der Waals surface area contributed by atoms with Gasteiger partial charge in [-0.1, -0.05) is 12.1 Å². The molecule has 8 heteroatoms. The van der Waals surface area contributed by atoms with Crippen molar-refractivity contribution in [2.75, 3.05) is 11.9 Å². The van der Waals surface area contributed by atoms with Crippen molar-refractivity contribution in [3.8, 4) is 11.5 Å². The first kappa shape index (κ1) is 17.7. The second-order valence-corrected chi connectivity index (χ2v) is 5.56. The van der Waals surface area contributed by atoms with Crippen LogP contribution in [0.1, 0.15) is 6.92 Å². The number of halogens is 2. The molecule has 0 radical (unpaired) electrons. The molecule has 1 N–H and O–H groups in total. The van der Waals surface area contributed by atoms with Crippen LogP contribution in [-0.4, -0.2) is 30.7 Å². The Morgan fingerprint density at radius 1 is 1.19 bits per heavy atom. The van der Waals surface area contributed by atoms with Crippen LogP contribution in [0.2, 0.25) is 0 Å². The van der Waals surface area contributed by atoms with Crippen LogP contribution in [0.5, 0.6) is 11.5 Å². The quantitative estimate of drug-likeness (QED) is 0.846. The van der Waals surface area contributed by atoms with Crippen LogP contribution in [0, 0.1) is 11.6 Å². The minimum atomic E-state index is -1.22. The van der Waals surface area contributed by atoms with Crippen molar-refractivity contribution >= 4 is 17.6 Å². The van der Waals surface area contributed by atoms with Gasteiger partial charge in [0, 0.05) is 6.07 Å². The Balaban J connectivity index is 1.58. The van der Waals surface area contributed by atoms with Gasteiger partial charge in [0.25, 0.3) is 5.91 Å². The van der Waals surface area contributed by atoms with E-state index in [-0.39, 0.29) is 12.3 Å². The van der Waals surface area contributed by atoms with Crippen LogP contribution in [0.15, 0.2) is 42.5 Å². The number of amides is 1. The Kier molecular flexibility index (Phi) is 5.01. The smallest absolute Gasteiger partial charge is 0.351 e. The lowest BCUT2D eigenvalue weighted by Gasteiger charge is -2.25. The monoisotopic (exact) mass is 363 g/mol. The van der Waals surface area contributed by atoms with E-state index < -0.39 is 35.7 Å². The lowest BCUT2D eigenvalue weighted by molar-refractivity contribution is -0.162. The van der Waals surface area contributed by atoms with Crippen LogP contribution < -0.4 is 14.8 Å². The zero-order valence-electron chi connectivity index (χ0n) is 13.7. The molecule has 2 atom stereocenters. The summed E-state index contributed by atoms with van der Waals surface area (Å²) in [6.45, 7) is 1.27. The Hall–Kier alpha value is -3.16. The van der Waals surface area contributed by atoms with Gasteiger partial charge >= 0.3 is 5.97 Å². The molecular formula is C18H15F2NO5. The van der Waals surface area contributed by atoms with Crippen LogP contribution in [0.25, 0.3) is 0 Å². The number of fused-ring (bicyclic) bond motifs is 1. The maximum atomic E-state index is 13.6. The lowest BCUT2D eigenvalue weighted by Crippen LogP contribution is -2.41. The van der Waals surface area contributed by atoms with Crippen molar-refractivity contribution in [3.05, 3.63) is 54.1 Å². The zero-order valence-corrected chi connectivity index (χ0v) is 13.7. The molecule has 2 aromatic rings. The number of carbonyl (C=O) groups is 2. The summed E-state index contributed by atoms with van der Waals surface area (Å²) in [5, 5.41) is 2.23. The number of esters is 1. The third kappa shape index (κ3) is 3.90. The molecule has 0 aliphatic carbocycles. The van der Waals surface area contributed by atoms with Crippen LogP contribution >= 0.6 is 0 Å². The molecule has 3 rings (SSSR count). The molecule has 0 bridgehead atoms. The number of anilines is 1. The number of hydrogen-bond acceptors (Lipinski definition) is 5. The predicted molar refractivity (Wildman–Crippen MR) is 86.9 cm³/mol. The van der Waals surface area contributed by atoms with Gasteiger partial charge in [-0.2, -0.15) is 0 Å². The normalized spacial score (nSPS) is 16.5. The predicted octanol–water partition coefficient (Wildman–Crippen LogP) is 2.67. The first-order valence-electron chi connectivity index (χ1n) is 7.79. The van der Waals surface area contributed by atoms with Gasteiger partial charge in [0.2, 0.25) is 6.10 Å². The molecule has 0 fully saturated rings. The van der Waals surface area contributed by atoms with Crippen molar-refractivity contribution in [2.24, 2.45) is 0 Å². The molecule has 0 saturated heterocycles. The first-order valence-corrected chi connectivity index (χ1v) is 7.79. The fraction of sp³-hybridized carbons (Fsp3) is 0.222. The molecule has 1 amide bonds. The molecule has 1 heterocycles. The van der Waals surface area contributed by atoms with Gasteiger partial charge in [-0.05, 0) is 31.2 Å². The maximum absolute atomic E-state index is 13.6.